The average molecular weight is 249 g/mol. The topological polar surface area (TPSA) is 21.3 Å². The minimum atomic E-state index is 0.277. The Morgan fingerprint density at radius 1 is 1.22 bits per heavy atom. The van der Waals surface area contributed by atoms with Gasteiger partial charge in [-0.25, -0.2) is 0 Å². The normalized spacial score (nSPS) is 14.0. The van der Waals surface area contributed by atoms with E-state index in [-0.39, 0.29) is 6.10 Å². The first-order chi connectivity index (χ1) is 8.65. The number of ether oxygens (including phenoxy) is 1. The average Bonchev–Trinajstić information content (AvgIpc) is 2.37. The molecule has 0 radical (unpaired) electrons. The van der Waals surface area contributed by atoms with Crippen molar-refractivity contribution < 1.29 is 4.74 Å². The molecule has 0 spiro atoms. The summed E-state index contributed by atoms with van der Waals surface area (Å²) < 4.78 is 5.82. The molecule has 102 valence electrons. The van der Waals surface area contributed by atoms with Crippen molar-refractivity contribution >= 4 is 5.69 Å². The van der Waals surface area contributed by atoms with Crippen LogP contribution in [0.15, 0.2) is 24.3 Å². The van der Waals surface area contributed by atoms with Gasteiger partial charge in [-0.2, -0.15) is 0 Å². The molecule has 0 aliphatic rings. The summed E-state index contributed by atoms with van der Waals surface area (Å²) in [6.45, 7) is 9.79. The van der Waals surface area contributed by atoms with Gasteiger partial charge < -0.3 is 10.1 Å². The molecule has 0 aromatic heterocycles. The van der Waals surface area contributed by atoms with Gasteiger partial charge in [-0.1, -0.05) is 33.3 Å². The van der Waals surface area contributed by atoms with Crippen molar-refractivity contribution in [1.82, 2.24) is 0 Å². The summed E-state index contributed by atoms with van der Waals surface area (Å²) in [5.74, 6) is 1.67. The van der Waals surface area contributed by atoms with Crippen LogP contribution >= 0.6 is 0 Å². The molecule has 0 aliphatic carbocycles. The SMILES string of the molecule is CCCC(C)CNc1cccc(OC(C)CC)c1. The Hall–Kier alpha value is -1.18. The summed E-state index contributed by atoms with van der Waals surface area (Å²) in [7, 11) is 0. The van der Waals surface area contributed by atoms with E-state index >= 15 is 0 Å². The fourth-order valence-corrected chi connectivity index (χ4v) is 1.88. The van der Waals surface area contributed by atoms with Crippen molar-refractivity contribution in [3.8, 4) is 5.75 Å². The van der Waals surface area contributed by atoms with Gasteiger partial charge in [-0.3, -0.25) is 0 Å². The van der Waals surface area contributed by atoms with Crippen LogP contribution in [-0.2, 0) is 0 Å². The minimum Gasteiger partial charge on any atom is -0.491 e. The molecule has 0 amide bonds. The molecule has 1 aromatic rings. The van der Waals surface area contributed by atoms with Gasteiger partial charge in [0.15, 0.2) is 0 Å². The maximum Gasteiger partial charge on any atom is 0.121 e. The van der Waals surface area contributed by atoms with E-state index in [4.69, 9.17) is 4.74 Å². The highest BCUT2D eigenvalue weighted by Gasteiger charge is 2.03. The molecule has 2 unspecified atom stereocenters. The lowest BCUT2D eigenvalue weighted by Crippen LogP contribution is -2.12. The zero-order valence-corrected chi connectivity index (χ0v) is 12.2. The summed E-state index contributed by atoms with van der Waals surface area (Å²) in [6, 6.07) is 8.25. The molecule has 18 heavy (non-hydrogen) atoms. The maximum absolute atomic E-state index is 5.82. The molecule has 2 nitrogen and oxygen atoms in total. The van der Waals surface area contributed by atoms with E-state index in [0.29, 0.717) is 5.92 Å². The van der Waals surface area contributed by atoms with Crippen LogP contribution in [0.2, 0.25) is 0 Å². The van der Waals surface area contributed by atoms with Crippen LogP contribution in [0.1, 0.15) is 47.0 Å². The zero-order valence-electron chi connectivity index (χ0n) is 12.2. The fraction of sp³-hybridized carbons (Fsp3) is 0.625. The maximum atomic E-state index is 5.82. The van der Waals surface area contributed by atoms with Crippen LogP contribution in [0.5, 0.6) is 5.75 Å². The Labute approximate surface area is 112 Å². The predicted molar refractivity (Wildman–Crippen MR) is 79.4 cm³/mol. The molecule has 0 aliphatic heterocycles. The molecule has 2 atom stereocenters. The molecule has 0 heterocycles. The van der Waals surface area contributed by atoms with Gasteiger partial charge >= 0.3 is 0 Å². The zero-order chi connectivity index (χ0) is 13.4. The summed E-state index contributed by atoms with van der Waals surface area (Å²) in [5, 5.41) is 3.48. The van der Waals surface area contributed by atoms with E-state index in [1.54, 1.807) is 0 Å². The molecule has 0 bridgehead atoms. The lowest BCUT2D eigenvalue weighted by molar-refractivity contribution is 0.217. The summed E-state index contributed by atoms with van der Waals surface area (Å²) in [4.78, 5) is 0. The second-order valence-corrected chi connectivity index (χ2v) is 5.14. The smallest absolute Gasteiger partial charge is 0.121 e. The Morgan fingerprint density at radius 3 is 2.67 bits per heavy atom. The highest BCUT2D eigenvalue weighted by Crippen LogP contribution is 2.19. The number of hydrogen-bond donors (Lipinski definition) is 1. The largest absolute Gasteiger partial charge is 0.491 e. The molecule has 1 rings (SSSR count). The van der Waals surface area contributed by atoms with Crippen LogP contribution in [0.3, 0.4) is 0 Å². The van der Waals surface area contributed by atoms with Gasteiger partial charge in [0.25, 0.3) is 0 Å². The van der Waals surface area contributed by atoms with Crippen LogP contribution in [-0.4, -0.2) is 12.6 Å². The van der Waals surface area contributed by atoms with Crippen LogP contribution in [0.4, 0.5) is 5.69 Å². The summed E-state index contributed by atoms with van der Waals surface area (Å²) in [5.41, 5.74) is 1.15. The lowest BCUT2D eigenvalue weighted by atomic mass is 10.1. The van der Waals surface area contributed by atoms with E-state index in [2.05, 4.69) is 45.1 Å². The first kappa shape index (κ1) is 14.9. The number of hydrogen-bond acceptors (Lipinski definition) is 2. The van der Waals surface area contributed by atoms with Crippen LogP contribution in [0.25, 0.3) is 0 Å². The highest BCUT2D eigenvalue weighted by atomic mass is 16.5. The molecule has 0 saturated heterocycles. The summed E-state index contributed by atoms with van der Waals surface area (Å²) >= 11 is 0. The standard InChI is InChI=1S/C16H27NO/c1-5-8-13(3)12-17-15-9-7-10-16(11-15)18-14(4)6-2/h7,9-11,13-14,17H,5-6,8,12H2,1-4H3. The Balaban J connectivity index is 2.48. The number of benzene rings is 1. The number of rotatable bonds is 8. The van der Waals surface area contributed by atoms with Gasteiger partial charge in [0.1, 0.15) is 5.75 Å². The number of nitrogens with one attached hydrogen (secondary N) is 1. The Bertz CT molecular complexity index is 338. The Kier molecular flexibility index (Phi) is 6.63. The van der Waals surface area contributed by atoms with Crippen LogP contribution < -0.4 is 10.1 Å². The van der Waals surface area contributed by atoms with Gasteiger partial charge in [-0.15, -0.1) is 0 Å². The monoisotopic (exact) mass is 249 g/mol. The van der Waals surface area contributed by atoms with Crippen molar-refractivity contribution in [3.05, 3.63) is 24.3 Å². The first-order valence-electron chi connectivity index (χ1n) is 7.16. The third-order valence-corrected chi connectivity index (χ3v) is 3.18. The molecule has 2 heteroatoms. The van der Waals surface area contributed by atoms with Gasteiger partial charge in [0, 0.05) is 18.3 Å². The minimum absolute atomic E-state index is 0.277. The third kappa shape index (κ3) is 5.44. The van der Waals surface area contributed by atoms with Gasteiger partial charge in [0.05, 0.1) is 6.10 Å². The Morgan fingerprint density at radius 2 is 2.00 bits per heavy atom. The number of anilines is 1. The van der Waals surface area contributed by atoms with E-state index in [1.165, 1.54) is 12.8 Å². The molecular weight excluding hydrogens is 222 g/mol. The first-order valence-corrected chi connectivity index (χ1v) is 7.16. The van der Waals surface area contributed by atoms with Crippen molar-refractivity contribution in [2.45, 2.75) is 53.1 Å². The van der Waals surface area contributed by atoms with E-state index in [9.17, 15) is 0 Å². The molecule has 1 aromatic carbocycles. The van der Waals surface area contributed by atoms with Crippen molar-refractivity contribution in [2.75, 3.05) is 11.9 Å². The van der Waals surface area contributed by atoms with Gasteiger partial charge in [0.2, 0.25) is 0 Å². The van der Waals surface area contributed by atoms with E-state index < -0.39 is 0 Å². The lowest BCUT2D eigenvalue weighted by Gasteiger charge is -2.15. The van der Waals surface area contributed by atoms with Gasteiger partial charge in [-0.05, 0) is 37.8 Å². The van der Waals surface area contributed by atoms with Crippen molar-refractivity contribution in [2.24, 2.45) is 5.92 Å². The van der Waals surface area contributed by atoms with E-state index in [1.807, 2.05) is 12.1 Å². The second kappa shape index (κ2) is 8.02. The third-order valence-electron chi connectivity index (χ3n) is 3.18. The van der Waals surface area contributed by atoms with Crippen molar-refractivity contribution in [1.29, 1.82) is 0 Å². The molecular formula is C16H27NO. The molecule has 0 saturated carbocycles. The van der Waals surface area contributed by atoms with Crippen molar-refractivity contribution in [3.63, 3.8) is 0 Å². The molecule has 1 N–H and O–H groups in total. The quantitative estimate of drug-likeness (QED) is 0.720. The summed E-state index contributed by atoms with van der Waals surface area (Å²) in [6.07, 6.45) is 3.83. The second-order valence-electron chi connectivity index (χ2n) is 5.14. The van der Waals surface area contributed by atoms with E-state index in [0.717, 1.165) is 24.4 Å². The van der Waals surface area contributed by atoms with Crippen LogP contribution in [0, 0.1) is 5.92 Å². The fourth-order valence-electron chi connectivity index (χ4n) is 1.88. The molecule has 0 fully saturated rings. The highest BCUT2D eigenvalue weighted by molar-refractivity contribution is 5.48. The predicted octanol–water partition coefficient (Wildman–Crippen LogP) is 4.71.